The van der Waals surface area contributed by atoms with E-state index in [4.69, 9.17) is 5.26 Å². The predicted octanol–water partition coefficient (Wildman–Crippen LogP) is 3.58. The zero-order valence-electron chi connectivity index (χ0n) is 18.5. The number of hydrogen-bond donors (Lipinski definition) is 3. The van der Waals surface area contributed by atoms with E-state index in [0.717, 1.165) is 23.2 Å². The zero-order valence-corrected chi connectivity index (χ0v) is 18.5. The third-order valence-corrected chi connectivity index (χ3v) is 6.62. The lowest BCUT2D eigenvalue weighted by atomic mass is 9.92. The summed E-state index contributed by atoms with van der Waals surface area (Å²) in [5.74, 6) is -0.114. The highest BCUT2D eigenvalue weighted by atomic mass is 16.3. The maximum atomic E-state index is 13.4. The first-order valence-corrected chi connectivity index (χ1v) is 10.7. The SMILES string of the molecule is CC1=C(O)C(C#N)=CCC1N1C(=O)N(Cc2ccc(C3=CCNC=C3)cc2)C(C)(C)C1O. The summed E-state index contributed by atoms with van der Waals surface area (Å²) in [6, 6.07) is 9.27. The summed E-state index contributed by atoms with van der Waals surface area (Å²) in [6.45, 7) is 6.53. The number of nitrogens with zero attached hydrogens (tertiary/aromatic N) is 3. The number of nitriles is 1. The van der Waals surface area contributed by atoms with Crippen LogP contribution in [0.15, 0.2) is 65.6 Å². The van der Waals surface area contributed by atoms with Crippen LogP contribution in [0.25, 0.3) is 5.57 Å². The van der Waals surface area contributed by atoms with Crippen LogP contribution in [-0.2, 0) is 6.54 Å². The molecule has 1 aliphatic carbocycles. The molecule has 1 aromatic rings. The molecule has 0 radical (unpaired) electrons. The van der Waals surface area contributed by atoms with E-state index in [1.54, 1.807) is 17.9 Å². The molecule has 4 rings (SSSR count). The van der Waals surface area contributed by atoms with Crippen LogP contribution in [0, 0.1) is 11.3 Å². The number of nitrogens with one attached hydrogen (secondary N) is 1. The van der Waals surface area contributed by atoms with Gasteiger partial charge in [-0.25, -0.2) is 4.79 Å². The molecule has 2 aliphatic heterocycles. The summed E-state index contributed by atoms with van der Waals surface area (Å²) in [5.41, 5.74) is 3.12. The van der Waals surface area contributed by atoms with Gasteiger partial charge in [0.05, 0.1) is 17.2 Å². The highest BCUT2D eigenvalue weighted by molar-refractivity contribution is 5.80. The minimum absolute atomic E-state index is 0.114. The van der Waals surface area contributed by atoms with Gasteiger partial charge in [0.25, 0.3) is 0 Å². The average molecular weight is 433 g/mol. The number of aliphatic hydroxyl groups is 2. The maximum Gasteiger partial charge on any atom is 0.323 e. The van der Waals surface area contributed by atoms with E-state index in [1.165, 1.54) is 4.90 Å². The van der Waals surface area contributed by atoms with Crippen LogP contribution in [0.5, 0.6) is 0 Å². The monoisotopic (exact) mass is 432 g/mol. The summed E-state index contributed by atoms with van der Waals surface area (Å²) in [7, 11) is 0. The number of rotatable bonds is 4. The highest BCUT2D eigenvalue weighted by Gasteiger charge is 2.53. The third kappa shape index (κ3) is 3.57. The number of dihydropyridines is 1. The number of carbonyl (C=O) groups is 1. The Morgan fingerprint density at radius 2 is 1.97 bits per heavy atom. The number of urea groups is 1. The van der Waals surface area contributed by atoms with E-state index in [2.05, 4.69) is 11.4 Å². The van der Waals surface area contributed by atoms with Crippen molar-refractivity contribution in [3.05, 3.63) is 76.7 Å². The van der Waals surface area contributed by atoms with Gasteiger partial charge in [0.2, 0.25) is 0 Å². The van der Waals surface area contributed by atoms with Gasteiger partial charge in [0.1, 0.15) is 11.8 Å². The second kappa shape index (κ2) is 8.21. The maximum absolute atomic E-state index is 13.4. The fraction of sp³-hybridized carbons (Fsp3) is 0.360. The van der Waals surface area contributed by atoms with Crippen molar-refractivity contribution in [2.24, 2.45) is 0 Å². The van der Waals surface area contributed by atoms with Gasteiger partial charge in [-0.05, 0) is 61.7 Å². The Morgan fingerprint density at radius 1 is 1.25 bits per heavy atom. The van der Waals surface area contributed by atoms with Crippen molar-refractivity contribution in [2.75, 3.05) is 6.54 Å². The van der Waals surface area contributed by atoms with Gasteiger partial charge in [-0.2, -0.15) is 5.26 Å². The van der Waals surface area contributed by atoms with Crippen LogP contribution in [0.2, 0.25) is 0 Å². The van der Waals surface area contributed by atoms with Crippen LogP contribution in [-0.4, -0.2) is 50.4 Å². The number of aliphatic hydroxyl groups excluding tert-OH is 2. The predicted molar refractivity (Wildman–Crippen MR) is 122 cm³/mol. The molecule has 2 unspecified atom stereocenters. The van der Waals surface area contributed by atoms with E-state index in [1.807, 2.05) is 56.5 Å². The summed E-state index contributed by atoms with van der Waals surface area (Å²) >= 11 is 0. The van der Waals surface area contributed by atoms with Gasteiger partial charge in [-0.15, -0.1) is 0 Å². The fourth-order valence-corrected chi connectivity index (χ4v) is 4.49. The van der Waals surface area contributed by atoms with Gasteiger partial charge in [-0.1, -0.05) is 36.4 Å². The highest BCUT2D eigenvalue weighted by Crippen LogP contribution is 2.38. The van der Waals surface area contributed by atoms with Crippen LogP contribution in [0.1, 0.15) is 38.3 Å². The molecule has 2 atom stereocenters. The molecule has 7 heteroatoms. The quantitative estimate of drug-likeness (QED) is 0.675. The Balaban J connectivity index is 1.56. The van der Waals surface area contributed by atoms with Crippen molar-refractivity contribution in [1.82, 2.24) is 15.1 Å². The molecule has 3 aliphatic rings. The second-order valence-electron chi connectivity index (χ2n) is 8.91. The van der Waals surface area contributed by atoms with Crippen molar-refractivity contribution < 1.29 is 15.0 Å². The van der Waals surface area contributed by atoms with Crippen LogP contribution < -0.4 is 5.32 Å². The molecule has 2 amide bonds. The van der Waals surface area contributed by atoms with Crippen LogP contribution in [0.3, 0.4) is 0 Å². The fourth-order valence-electron chi connectivity index (χ4n) is 4.49. The summed E-state index contributed by atoms with van der Waals surface area (Å²) in [6.07, 6.45) is 7.02. The third-order valence-electron chi connectivity index (χ3n) is 6.62. The minimum atomic E-state index is -1.05. The Morgan fingerprint density at radius 3 is 2.59 bits per heavy atom. The van der Waals surface area contributed by atoms with Gasteiger partial charge >= 0.3 is 6.03 Å². The Kier molecular flexibility index (Phi) is 5.57. The topological polar surface area (TPSA) is 99.8 Å². The van der Waals surface area contributed by atoms with Crippen LogP contribution >= 0.6 is 0 Å². The summed E-state index contributed by atoms with van der Waals surface area (Å²) in [4.78, 5) is 16.5. The Bertz CT molecular complexity index is 1090. The molecule has 1 aromatic carbocycles. The van der Waals surface area contributed by atoms with Crippen molar-refractivity contribution in [2.45, 2.75) is 51.5 Å². The second-order valence-corrected chi connectivity index (χ2v) is 8.91. The molecule has 1 fully saturated rings. The van der Waals surface area contributed by atoms with E-state index in [9.17, 15) is 15.0 Å². The first-order chi connectivity index (χ1) is 15.3. The molecular weight excluding hydrogens is 404 g/mol. The Labute approximate surface area is 188 Å². The number of carbonyl (C=O) groups excluding carboxylic acids is 1. The van der Waals surface area contributed by atoms with Crippen LogP contribution in [0.4, 0.5) is 4.79 Å². The molecular formula is C25H28N4O3. The number of benzene rings is 1. The van der Waals surface area contributed by atoms with Gasteiger partial charge in [-0.3, -0.25) is 4.90 Å². The van der Waals surface area contributed by atoms with E-state index in [0.29, 0.717) is 18.5 Å². The molecule has 3 N–H and O–H groups in total. The largest absolute Gasteiger partial charge is 0.507 e. The lowest BCUT2D eigenvalue weighted by Gasteiger charge is -2.34. The van der Waals surface area contributed by atoms with E-state index >= 15 is 0 Å². The van der Waals surface area contributed by atoms with Crippen molar-refractivity contribution in [1.29, 1.82) is 5.26 Å². The first-order valence-electron chi connectivity index (χ1n) is 10.7. The van der Waals surface area contributed by atoms with Gasteiger partial charge in [0.15, 0.2) is 6.23 Å². The molecule has 32 heavy (non-hydrogen) atoms. The molecule has 0 aromatic heterocycles. The van der Waals surface area contributed by atoms with Crippen molar-refractivity contribution in [3.8, 4) is 6.07 Å². The summed E-state index contributed by atoms with van der Waals surface area (Å²) in [5, 5.41) is 33.7. The van der Waals surface area contributed by atoms with E-state index in [-0.39, 0.29) is 17.4 Å². The van der Waals surface area contributed by atoms with Crippen molar-refractivity contribution in [3.63, 3.8) is 0 Å². The molecule has 7 nitrogen and oxygen atoms in total. The number of hydrogen-bond acceptors (Lipinski definition) is 5. The number of amides is 2. The van der Waals surface area contributed by atoms with Gasteiger partial charge in [0, 0.05) is 13.1 Å². The molecule has 166 valence electrons. The molecule has 2 heterocycles. The summed E-state index contributed by atoms with van der Waals surface area (Å²) < 4.78 is 0. The average Bonchev–Trinajstić information content (AvgIpc) is 2.96. The first kappa shape index (κ1) is 21.7. The number of allylic oxidation sites excluding steroid dienone is 3. The minimum Gasteiger partial charge on any atom is -0.507 e. The molecule has 0 saturated carbocycles. The molecule has 0 bridgehead atoms. The van der Waals surface area contributed by atoms with E-state index < -0.39 is 17.8 Å². The molecule has 1 saturated heterocycles. The normalized spacial score (nSPS) is 24.8. The molecule has 0 spiro atoms. The Hall–Kier alpha value is -3.50. The lowest BCUT2D eigenvalue weighted by Crippen LogP contribution is -2.48. The lowest BCUT2D eigenvalue weighted by molar-refractivity contribution is -0.0179. The van der Waals surface area contributed by atoms with Gasteiger partial charge < -0.3 is 20.4 Å². The van der Waals surface area contributed by atoms with Crippen molar-refractivity contribution >= 4 is 11.6 Å². The zero-order chi connectivity index (χ0) is 23.0. The standard InChI is InChI=1S/C25H28N4O3/c1-16-21(9-8-20(14-26)22(16)30)29-23(31)25(2,3)28(24(29)32)15-17-4-6-18(7-5-17)19-10-12-27-13-11-19/h4-8,10-12,21,23,27,30-31H,9,13,15H2,1-3H3. The smallest absolute Gasteiger partial charge is 0.323 e.